The lowest BCUT2D eigenvalue weighted by atomic mass is 9.81. The zero-order chi connectivity index (χ0) is 12.2. The first kappa shape index (κ1) is 10.8. The van der Waals surface area contributed by atoms with Crippen LogP contribution in [0.2, 0.25) is 0 Å². The molecule has 1 aromatic heterocycles. The van der Waals surface area contributed by atoms with E-state index in [1.807, 2.05) is 24.9 Å². The molecule has 3 rings (SSSR count). The SMILES string of the molecule is Cc1cc2c(o1)[C@H]1CN(C)C[C@@]1(C(=O)O)NC2. The molecular formula is C12H16N2O3. The van der Waals surface area contributed by atoms with Crippen molar-refractivity contribution in [2.75, 3.05) is 20.1 Å². The molecule has 0 spiro atoms. The van der Waals surface area contributed by atoms with Gasteiger partial charge in [0.1, 0.15) is 17.1 Å². The summed E-state index contributed by atoms with van der Waals surface area (Å²) in [7, 11) is 1.94. The van der Waals surface area contributed by atoms with Crippen molar-refractivity contribution in [1.29, 1.82) is 0 Å². The van der Waals surface area contributed by atoms with Gasteiger partial charge < -0.3 is 14.4 Å². The van der Waals surface area contributed by atoms with Gasteiger partial charge in [-0.25, -0.2) is 0 Å². The highest BCUT2D eigenvalue weighted by molar-refractivity contribution is 5.82. The number of likely N-dealkylation sites (tertiary alicyclic amines) is 1. The van der Waals surface area contributed by atoms with E-state index in [9.17, 15) is 9.90 Å². The third-order valence-corrected chi connectivity index (χ3v) is 3.87. The largest absolute Gasteiger partial charge is 0.480 e. The molecule has 1 fully saturated rings. The van der Waals surface area contributed by atoms with E-state index in [4.69, 9.17) is 4.42 Å². The number of nitrogens with one attached hydrogen (secondary N) is 1. The lowest BCUT2D eigenvalue weighted by Gasteiger charge is -2.34. The normalized spacial score (nSPS) is 32.2. The van der Waals surface area contributed by atoms with Crippen molar-refractivity contribution in [3.05, 3.63) is 23.2 Å². The average molecular weight is 236 g/mol. The summed E-state index contributed by atoms with van der Waals surface area (Å²) in [6, 6.07) is 1.99. The fourth-order valence-electron chi connectivity index (χ4n) is 3.12. The first-order valence-corrected chi connectivity index (χ1v) is 5.79. The van der Waals surface area contributed by atoms with E-state index in [-0.39, 0.29) is 5.92 Å². The first-order chi connectivity index (χ1) is 8.03. The molecule has 5 nitrogen and oxygen atoms in total. The van der Waals surface area contributed by atoms with Gasteiger partial charge in [0.25, 0.3) is 0 Å². The number of rotatable bonds is 1. The molecule has 1 saturated heterocycles. The summed E-state index contributed by atoms with van der Waals surface area (Å²) < 4.78 is 5.71. The molecule has 0 amide bonds. The fraction of sp³-hybridized carbons (Fsp3) is 0.583. The van der Waals surface area contributed by atoms with Crippen LogP contribution in [-0.4, -0.2) is 41.7 Å². The minimum absolute atomic E-state index is 0.0950. The molecule has 0 unspecified atom stereocenters. The number of hydrogen-bond acceptors (Lipinski definition) is 4. The van der Waals surface area contributed by atoms with Crippen molar-refractivity contribution in [2.24, 2.45) is 0 Å². The van der Waals surface area contributed by atoms with Crippen LogP contribution in [0, 0.1) is 6.92 Å². The molecule has 2 atom stereocenters. The summed E-state index contributed by atoms with van der Waals surface area (Å²) in [6.07, 6.45) is 0. The molecule has 2 N–H and O–H groups in total. The Morgan fingerprint density at radius 1 is 1.71 bits per heavy atom. The zero-order valence-electron chi connectivity index (χ0n) is 9.99. The maximum absolute atomic E-state index is 11.6. The van der Waals surface area contributed by atoms with Crippen molar-refractivity contribution < 1.29 is 14.3 Å². The zero-order valence-corrected chi connectivity index (χ0v) is 9.99. The summed E-state index contributed by atoms with van der Waals surface area (Å²) in [5, 5.41) is 12.7. The van der Waals surface area contributed by atoms with Crippen molar-refractivity contribution in [3.8, 4) is 0 Å². The van der Waals surface area contributed by atoms with Crippen molar-refractivity contribution in [2.45, 2.75) is 24.9 Å². The van der Waals surface area contributed by atoms with E-state index in [2.05, 4.69) is 5.32 Å². The Balaban J connectivity index is 2.10. The second kappa shape index (κ2) is 3.34. The van der Waals surface area contributed by atoms with E-state index < -0.39 is 11.5 Å². The highest BCUT2D eigenvalue weighted by atomic mass is 16.4. The summed E-state index contributed by atoms with van der Waals surface area (Å²) in [5.74, 6) is 0.828. The van der Waals surface area contributed by atoms with Gasteiger partial charge in [-0.2, -0.15) is 0 Å². The molecule has 0 aromatic carbocycles. The van der Waals surface area contributed by atoms with Crippen molar-refractivity contribution in [3.63, 3.8) is 0 Å². The van der Waals surface area contributed by atoms with E-state index >= 15 is 0 Å². The molecule has 2 aliphatic heterocycles. The topological polar surface area (TPSA) is 65.7 Å². The molecule has 5 heteroatoms. The van der Waals surface area contributed by atoms with E-state index in [0.717, 1.165) is 23.6 Å². The molecule has 1 aromatic rings. The van der Waals surface area contributed by atoms with Crippen LogP contribution in [0.1, 0.15) is 23.0 Å². The van der Waals surface area contributed by atoms with Gasteiger partial charge in [0.2, 0.25) is 0 Å². The van der Waals surface area contributed by atoms with Crippen molar-refractivity contribution in [1.82, 2.24) is 10.2 Å². The molecule has 17 heavy (non-hydrogen) atoms. The second-order valence-corrected chi connectivity index (χ2v) is 5.13. The second-order valence-electron chi connectivity index (χ2n) is 5.13. The number of hydrogen-bond donors (Lipinski definition) is 2. The Kier molecular flexibility index (Phi) is 2.12. The van der Waals surface area contributed by atoms with Crippen LogP contribution in [0.5, 0.6) is 0 Å². The fourth-order valence-corrected chi connectivity index (χ4v) is 3.12. The standard InChI is InChI=1S/C12H16N2O3/c1-7-3-8-4-13-12(11(15)16)6-14(2)5-9(12)10(8)17-7/h3,9,13H,4-6H2,1-2H3,(H,15,16)/t9-,12-/m1/s1. The molecule has 0 radical (unpaired) electrons. The van der Waals surface area contributed by atoms with E-state index in [0.29, 0.717) is 13.1 Å². The predicted octanol–water partition coefficient (Wildman–Crippen LogP) is 0.544. The van der Waals surface area contributed by atoms with Crippen LogP contribution in [-0.2, 0) is 11.3 Å². The number of likely N-dealkylation sites (N-methyl/N-ethyl adjacent to an activating group) is 1. The Bertz CT molecular complexity index is 482. The molecule has 2 aliphatic rings. The average Bonchev–Trinajstić information content (AvgIpc) is 2.76. The number of aryl methyl sites for hydroxylation is 1. The predicted molar refractivity (Wildman–Crippen MR) is 60.9 cm³/mol. The quantitative estimate of drug-likeness (QED) is 0.745. The molecule has 0 saturated carbocycles. The van der Waals surface area contributed by atoms with Crippen LogP contribution in [0.4, 0.5) is 0 Å². The van der Waals surface area contributed by atoms with Gasteiger partial charge in [0, 0.05) is 25.2 Å². The van der Waals surface area contributed by atoms with Gasteiger partial charge in [-0.1, -0.05) is 0 Å². The molecule has 0 aliphatic carbocycles. The van der Waals surface area contributed by atoms with E-state index in [1.165, 1.54) is 0 Å². The van der Waals surface area contributed by atoms with Gasteiger partial charge in [-0.3, -0.25) is 10.1 Å². The summed E-state index contributed by atoms with van der Waals surface area (Å²) >= 11 is 0. The van der Waals surface area contributed by atoms with E-state index in [1.54, 1.807) is 0 Å². The number of carbonyl (C=O) groups is 1. The maximum atomic E-state index is 11.6. The minimum Gasteiger partial charge on any atom is -0.480 e. The molecule has 0 bridgehead atoms. The number of nitrogens with zero attached hydrogens (tertiary/aromatic N) is 1. The van der Waals surface area contributed by atoms with Gasteiger partial charge in [-0.05, 0) is 20.0 Å². The molecule has 3 heterocycles. The Labute approximate surface area is 99.4 Å². The number of furan rings is 1. The van der Waals surface area contributed by atoms with Gasteiger partial charge in [0.05, 0.1) is 5.92 Å². The Hall–Kier alpha value is -1.33. The van der Waals surface area contributed by atoms with Gasteiger partial charge in [0.15, 0.2) is 0 Å². The Morgan fingerprint density at radius 3 is 3.18 bits per heavy atom. The lowest BCUT2D eigenvalue weighted by molar-refractivity contribution is -0.145. The smallest absolute Gasteiger partial charge is 0.326 e. The van der Waals surface area contributed by atoms with Crippen LogP contribution in [0.15, 0.2) is 10.5 Å². The minimum atomic E-state index is -0.883. The number of carboxylic acid groups (broad SMARTS) is 1. The lowest BCUT2D eigenvalue weighted by Crippen LogP contribution is -2.58. The molecule has 92 valence electrons. The highest BCUT2D eigenvalue weighted by Crippen LogP contribution is 2.41. The number of aliphatic carboxylic acids is 1. The first-order valence-electron chi connectivity index (χ1n) is 5.79. The third-order valence-electron chi connectivity index (χ3n) is 3.87. The summed E-state index contributed by atoms with van der Waals surface area (Å²) in [5.41, 5.74) is 0.214. The van der Waals surface area contributed by atoms with Crippen LogP contribution in [0.3, 0.4) is 0 Å². The van der Waals surface area contributed by atoms with Crippen LogP contribution in [0.25, 0.3) is 0 Å². The summed E-state index contributed by atoms with van der Waals surface area (Å²) in [4.78, 5) is 13.6. The number of carboxylic acids is 1. The highest BCUT2D eigenvalue weighted by Gasteiger charge is 2.56. The van der Waals surface area contributed by atoms with Crippen LogP contribution < -0.4 is 5.32 Å². The van der Waals surface area contributed by atoms with Gasteiger partial charge in [-0.15, -0.1) is 0 Å². The van der Waals surface area contributed by atoms with Crippen LogP contribution >= 0.6 is 0 Å². The molecular weight excluding hydrogens is 220 g/mol. The van der Waals surface area contributed by atoms with Gasteiger partial charge >= 0.3 is 5.97 Å². The summed E-state index contributed by atoms with van der Waals surface area (Å²) in [6.45, 7) is 3.72. The van der Waals surface area contributed by atoms with Crippen molar-refractivity contribution >= 4 is 5.97 Å². The third kappa shape index (κ3) is 1.36. The monoisotopic (exact) mass is 236 g/mol. The number of fused-ring (bicyclic) bond motifs is 3. The maximum Gasteiger partial charge on any atom is 0.326 e. The Morgan fingerprint density at radius 2 is 2.47 bits per heavy atom.